The molecule has 146 valence electrons. The Morgan fingerprint density at radius 3 is 2.70 bits per heavy atom. The molecule has 2 atom stereocenters. The van der Waals surface area contributed by atoms with Crippen molar-refractivity contribution in [2.45, 2.75) is 18.9 Å². The Bertz CT molecular complexity index is 1290. The lowest BCUT2D eigenvalue weighted by molar-refractivity contribution is 0.243. The number of urea groups is 1. The number of thiophene rings is 1. The number of amides is 2. The van der Waals surface area contributed by atoms with Crippen LogP contribution in [0.5, 0.6) is 0 Å². The molecule has 2 aromatic carbocycles. The summed E-state index contributed by atoms with van der Waals surface area (Å²) in [5, 5.41) is 16.2. The van der Waals surface area contributed by atoms with Crippen LogP contribution >= 0.6 is 22.7 Å². The van der Waals surface area contributed by atoms with Gasteiger partial charge in [0.05, 0.1) is 29.3 Å². The molecule has 5 rings (SSSR count). The Morgan fingerprint density at radius 1 is 1.13 bits per heavy atom. The van der Waals surface area contributed by atoms with Gasteiger partial charge in [-0.05, 0) is 36.6 Å². The summed E-state index contributed by atoms with van der Waals surface area (Å²) >= 11 is 3.26. The maximum absolute atomic E-state index is 12.2. The number of nitrogens with one attached hydrogen (secondary N) is 1. The van der Waals surface area contributed by atoms with Crippen molar-refractivity contribution in [3.8, 4) is 17.3 Å². The van der Waals surface area contributed by atoms with Crippen molar-refractivity contribution in [2.75, 3.05) is 0 Å². The fourth-order valence-corrected chi connectivity index (χ4v) is 5.89. The number of fused-ring (bicyclic) bond motifs is 1. The minimum atomic E-state index is -0.310. The highest BCUT2D eigenvalue weighted by Crippen LogP contribution is 2.41. The van der Waals surface area contributed by atoms with E-state index in [1.807, 2.05) is 36.6 Å². The molecule has 2 aromatic heterocycles. The Balaban J connectivity index is 1.54. The van der Waals surface area contributed by atoms with E-state index in [4.69, 9.17) is 10.2 Å². The second-order valence-electron chi connectivity index (χ2n) is 7.10. The zero-order chi connectivity index (χ0) is 20.7. The molecule has 2 unspecified atom stereocenters. The van der Waals surface area contributed by atoms with Crippen molar-refractivity contribution in [3.63, 3.8) is 0 Å². The van der Waals surface area contributed by atoms with Crippen LogP contribution in [0.4, 0.5) is 4.79 Å². The third-order valence-corrected chi connectivity index (χ3v) is 7.32. The topological polar surface area (TPSA) is 78.1 Å². The quantitative estimate of drug-likeness (QED) is 0.441. The van der Waals surface area contributed by atoms with Gasteiger partial charge in [0.15, 0.2) is 0 Å². The Kier molecular flexibility index (Phi) is 4.66. The first-order chi connectivity index (χ1) is 14.6. The van der Waals surface area contributed by atoms with Crippen molar-refractivity contribution in [2.24, 2.45) is 4.99 Å². The summed E-state index contributed by atoms with van der Waals surface area (Å²) in [7, 11) is 0. The lowest BCUT2D eigenvalue weighted by atomic mass is 9.92. The maximum atomic E-state index is 12.2. The van der Waals surface area contributed by atoms with Gasteiger partial charge in [0, 0.05) is 26.2 Å². The van der Waals surface area contributed by atoms with E-state index in [0.29, 0.717) is 5.56 Å². The maximum Gasteiger partial charge on any atom is 0.341 e. The Labute approximate surface area is 181 Å². The second kappa shape index (κ2) is 7.48. The predicted octanol–water partition coefficient (Wildman–Crippen LogP) is 5.91. The van der Waals surface area contributed by atoms with Crippen LogP contribution in [0.1, 0.15) is 34.3 Å². The Hall–Kier alpha value is -3.34. The van der Waals surface area contributed by atoms with E-state index < -0.39 is 0 Å². The summed E-state index contributed by atoms with van der Waals surface area (Å²) in [4.78, 5) is 22.3. The minimum absolute atomic E-state index is 0.118. The summed E-state index contributed by atoms with van der Waals surface area (Å²) in [5.74, 6) is -0.118. The SMILES string of the molecule is CC1=NC(=O)NC(c2cc3ccccc3s2)C1c1nc(-c2ccc(C#N)cc2)cs1. The Morgan fingerprint density at radius 2 is 1.93 bits per heavy atom. The van der Waals surface area contributed by atoms with E-state index in [0.717, 1.165) is 26.9 Å². The normalized spacial score (nSPS) is 18.7. The molecule has 4 aromatic rings. The van der Waals surface area contributed by atoms with Crippen LogP contribution in [0, 0.1) is 11.3 Å². The first-order valence-electron chi connectivity index (χ1n) is 9.42. The molecule has 0 saturated carbocycles. The monoisotopic (exact) mass is 428 g/mol. The van der Waals surface area contributed by atoms with Crippen molar-refractivity contribution in [1.82, 2.24) is 10.3 Å². The fraction of sp³-hybridized carbons (Fsp3) is 0.130. The third-order valence-electron chi connectivity index (χ3n) is 5.19. The van der Waals surface area contributed by atoms with E-state index in [9.17, 15) is 4.79 Å². The molecule has 5 nitrogen and oxygen atoms in total. The molecular weight excluding hydrogens is 412 g/mol. The summed E-state index contributed by atoms with van der Waals surface area (Å²) in [5.41, 5.74) is 3.21. The zero-order valence-electron chi connectivity index (χ0n) is 16.0. The van der Waals surface area contributed by atoms with E-state index in [1.165, 1.54) is 10.1 Å². The molecule has 1 N–H and O–H groups in total. The number of thiazole rings is 1. The fourth-order valence-electron chi connectivity index (χ4n) is 3.71. The summed E-state index contributed by atoms with van der Waals surface area (Å²) in [6.45, 7) is 1.90. The number of rotatable bonds is 3. The van der Waals surface area contributed by atoms with Gasteiger partial charge in [-0.2, -0.15) is 5.26 Å². The smallest absolute Gasteiger partial charge is 0.328 e. The van der Waals surface area contributed by atoms with Crippen molar-refractivity contribution in [3.05, 3.63) is 75.4 Å². The third kappa shape index (κ3) is 3.30. The van der Waals surface area contributed by atoms with Crippen LogP contribution in [0.15, 0.2) is 65.0 Å². The standard InChI is InChI=1S/C23H16N4OS2/c1-13-20(22-26-17(12-29-22)15-8-6-14(11-24)7-9-15)21(27-23(28)25-13)19-10-16-4-2-3-5-18(16)30-19/h2-10,12,20-21H,1H3,(H,27,28). The van der Waals surface area contributed by atoms with Crippen LogP contribution in [0.3, 0.4) is 0 Å². The van der Waals surface area contributed by atoms with E-state index in [-0.39, 0.29) is 18.0 Å². The molecule has 0 saturated heterocycles. The van der Waals surface area contributed by atoms with Gasteiger partial charge in [-0.15, -0.1) is 22.7 Å². The van der Waals surface area contributed by atoms with Gasteiger partial charge in [-0.1, -0.05) is 30.3 Å². The van der Waals surface area contributed by atoms with Crippen molar-refractivity contribution < 1.29 is 4.79 Å². The summed E-state index contributed by atoms with van der Waals surface area (Å²) < 4.78 is 1.19. The van der Waals surface area contributed by atoms with Gasteiger partial charge in [-0.3, -0.25) is 0 Å². The minimum Gasteiger partial charge on any atom is -0.328 e. The first-order valence-corrected chi connectivity index (χ1v) is 11.1. The predicted molar refractivity (Wildman–Crippen MR) is 121 cm³/mol. The van der Waals surface area contributed by atoms with E-state index >= 15 is 0 Å². The van der Waals surface area contributed by atoms with Crippen LogP contribution in [-0.2, 0) is 0 Å². The van der Waals surface area contributed by atoms with Gasteiger partial charge in [-0.25, -0.2) is 14.8 Å². The van der Waals surface area contributed by atoms with Crippen molar-refractivity contribution >= 4 is 44.5 Å². The number of carbonyl (C=O) groups excluding carboxylic acids is 1. The number of nitriles is 1. The largest absolute Gasteiger partial charge is 0.341 e. The van der Waals surface area contributed by atoms with Gasteiger partial charge in [0.2, 0.25) is 0 Å². The number of aromatic nitrogens is 1. The molecule has 2 amide bonds. The van der Waals surface area contributed by atoms with Crippen molar-refractivity contribution in [1.29, 1.82) is 5.26 Å². The van der Waals surface area contributed by atoms with Crippen LogP contribution < -0.4 is 5.32 Å². The number of hydrogen-bond acceptors (Lipinski definition) is 5. The summed E-state index contributed by atoms with van der Waals surface area (Å²) in [6, 6.07) is 19.4. The lowest BCUT2D eigenvalue weighted by Crippen LogP contribution is -2.38. The van der Waals surface area contributed by atoms with Gasteiger partial charge in [0.25, 0.3) is 0 Å². The average molecular weight is 429 g/mol. The van der Waals surface area contributed by atoms with Gasteiger partial charge >= 0.3 is 6.03 Å². The molecule has 0 spiro atoms. The number of aliphatic imine (C=N–C) groups is 1. The molecular formula is C23H16N4OS2. The zero-order valence-corrected chi connectivity index (χ0v) is 17.6. The highest BCUT2D eigenvalue weighted by Gasteiger charge is 2.35. The van der Waals surface area contributed by atoms with Gasteiger partial charge in [0.1, 0.15) is 5.01 Å². The number of hydrogen-bond donors (Lipinski definition) is 1. The molecule has 0 bridgehead atoms. The van der Waals surface area contributed by atoms with E-state index in [1.54, 1.807) is 34.8 Å². The molecule has 7 heteroatoms. The second-order valence-corrected chi connectivity index (χ2v) is 9.11. The highest BCUT2D eigenvalue weighted by molar-refractivity contribution is 7.19. The molecule has 0 radical (unpaired) electrons. The highest BCUT2D eigenvalue weighted by atomic mass is 32.1. The first kappa shape index (κ1) is 18.7. The molecule has 1 aliphatic rings. The van der Waals surface area contributed by atoms with Crippen LogP contribution in [-0.4, -0.2) is 16.7 Å². The molecule has 30 heavy (non-hydrogen) atoms. The van der Waals surface area contributed by atoms with Gasteiger partial charge < -0.3 is 5.32 Å². The number of carbonyl (C=O) groups is 1. The molecule has 0 aliphatic carbocycles. The van der Waals surface area contributed by atoms with Crippen LogP contribution in [0.2, 0.25) is 0 Å². The number of benzene rings is 2. The van der Waals surface area contributed by atoms with Crippen LogP contribution in [0.25, 0.3) is 21.3 Å². The molecule has 1 aliphatic heterocycles. The van der Waals surface area contributed by atoms with E-state index in [2.05, 4.69) is 34.6 Å². The molecule has 0 fully saturated rings. The summed E-state index contributed by atoms with van der Waals surface area (Å²) in [6.07, 6.45) is 0. The number of nitrogens with zero attached hydrogens (tertiary/aromatic N) is 3. The molecule has 3 heterocycles. The average Bonchev–Trinajstić information content (AvgIpc) is 3.40. The lowest BCUT2D eigenvalue weighted by Gasteiger charge is -2.28.